The van der Waals surface area contributed by atoms with Crippen LogP contribution < -0.4 is 16.0 Å². The second kappa shape index (κ2) is 13.0. The molecule has 0 bridgehead atoms. The third kappa shape index (κ3) is 7.63. The van der Waals surface area contributed by atoms with E-state index in [4.69, 9.17) is 0 Å². The SMILES string of the molecule is CC(O)C(=O)CCCCCC1NC(=O)C2CCCN2C(=O)C(Cc2ccccc2)NC(=O)C(C)(C)NC1=O. The van der Waals surface area contributed by atoms with Crippen molar-refractivity contribution in [2.45, 2.75) is 102 Å². The van der Waals surface area contributed by atoms with E-state index in [1.54, 1.807) is 13.8 Å². The van der Waals surface area contributed by atoms with Crippen molar-refractivity contribution in [1.29, 1.82) is 0 Å². The van der Waals surface area contributed by atoms with Gasteiger partial charge in [0.25, 0.3) is 0 Å². The standard InChI is InChI=1S/C28H40N4O6/c1-18(33)23(34)15-9-5-8-13-20-24(35)31-28(2,3)27(38)30-21(17-19-11-6-4-7-12-19)26(37)32-16-10-14-22(32)25(36)29-20/h4,6-7,11-12,18,20-22,33H,5,8-10,13-17H2,1-3H3,(H,29,36)(H,30,38)(H,31,35). The van der Waals surface area contributed by atoms with Crippen molar-refractivity contribution in [3.05, 3.63) is 35.9 Å². The van der Waals surface area contributed by atoms with Gasteiger partial charge in [-0.2, -0.15) is 0 Å². The second-order valence-electron chi connectivity index (χ2n) is 10.8. The first-order valence-corrected chi connectivity index (χ1v) is 13.5. The number of Topliss-reactive ketones (excluding diaryl/α,β-unsaturated/α-hetero) is 1. The van der Waals surface area contributed by atoms with Gasteiger partial charge in [0.15, 0.2) is 5.78 Å². The molecule has 2 heterocycles. The Balaban J connectivity index is 1.78. The van der Waals surface area contributed by atoms with Gasteiger partial charge >= 0.3 is 0 Å². The summed E-state index contributed by atoms with van der Waals surface area (Å²) < 4.78 is 0. The number of benzene rings is 1. The van der Waals surface area contributed by atoms with Gasteiger partial charge in [0.1, 0.15) is 29.8 Å². The number of nitrogens with one attached hydrogen (secondary N) is 3. The van der Waals surface area contributed by atoms with E-state index in [1.165, 1.54) is 11.8 Å². The molecule has 3 rings (SSSR count). The zero-order valence-electron chi connectivity index (χ0n) is 22.5. The van der Waals surface area contributed by atoms with E-state index in [0.717, 1.165) is 5.56 Å². The monoisotopic (exact) mass is 528 g/mol. The molecule has 2 saturated heterocycles. The Morgan fingerprint density at radius 2 is 1.74 bits per heavy atom. The minimum absolute atomic E-state index is 0.230. The fourth-order valence-corrected chi connectivity index (χ4v) is 4.91. The molecular weight excluding hydrogens is 488 g/mol. The Bertz CT molecular complexity index is 1030. The quantitative estimate of drug-likeness (QED) is 0.352. The number of aliphatic hydroxyl groups excluding tert-OH is 1. The Labute approximate surface area is 223 Å². The van der Waals surface area contributed by atoms with Crippen molar-refractivity contribution in [3.8, 4) is 0 Å². The molecule has 4 unspecified atom stereocenters. The van der Waals surface area contributed by atoms with Gasteiger partial charge in [-0.3, -0.25) is 24.0 Å². The molecule has 2 aliphatic rings. The van der Waals surface area contributed by atoms with E-state index in [-0.39, 0.29) is 30.4 Å². The molecule has 4 amide bonds. The van der Waals surface area contributed by atoms with Gasteiger partial charge < -0.3 is 26.0 Å². The Morgan fingerprint density at radius 1 is 1.03 bits per heavy atom. The summed E-state index contributed by atoms with van der Waals surface area (Å²) in [5.41, 5.74) is -0.460. The lowest BCUT2D eigenvalue weighted by molar-refractivity contribution is -0.144. The number of carbonyl (C=O) groups excluding carboxylic acids is 5. The fraction of sp³-hybridized carbons (Fsp3) is 0.607. The smallest absolute Gasteiger partial charge is 0.246 e. The number of hydrogen-bond acceptors (Lipinski definition) is 6. The summed E-state index contributed by atoms with van der Waals surface area (Å²) in [6.45, 7) is 4.96. The molecule has 4 N–H and O–H groups in total. The van der Waals surface area contributed by atoms with Crippen molar-refractivity contribution in [2.24, 2.45) is 0 Å². The van der Waals surface area contributed by atoms with Crippen molar-refractivity contribution < 1.29 is 29.1 Å². The average molecular weight is 529 g/mol. The maximum Gasteiger partial charge on any atom is 0.246 e. The number of rotatable bonds is 9. The zero-order valence-corrected chi connectivity index (χ0v) is 22.5. The molecular formula is C28H40N4O6. The van der Waals surface area contributed by atoms with Gasteiger partial charge in [0.2, 0.25) is 23.6 Å². The van der Waals surface area contributed by atoms with Crippen LogP contribution in [0.15, 0.2) is 30.3 Å². The molecule has 0 spiro atoms. The predicted molar refractivity (Wildman–Crippen MR) is 141 cm³/mol. The first-order chi connectivity index (χ1) is 18.0. The summed E-state index contributed by atoms with van der Waals surface area (Å²) in [6, 6.07) is 6.85. The van der Waals surface area contributed by atoms with Gasteiger partial charge in [0, 0.05) is 19.4 Å². The van der Waals surface area contributed by atoms with E-state index in [1.807, 2.05) is 30.3 Å². The second-order valence-corrected chi connectivity index (χ2v) is 10.8. The van der Waals surface area contributed by atoms with Gasteiger partial charge in [0.05, 0.1) is 0 Å². The first-order valence-electron chi connectivity index (χ1n) is 13.5. The van der Waals surface area contributed by atoms with Gasteiger partial charge in [-0.1, -0.05) is 43.2 Å². The average Bonchev–Trinajstić information content (AvgIpc) is 3.36. The highest BCUT2D eigenvalue weighted by Crippen LogP contribution is 2.21. The molecule has 10 heteroatoms. The molecule has 0 aromatic heterocycles. The molecule has 208 valence electrons. The lowest BCUT2D eigenvalue weighted by Gasteiger charge is -2.34. The first kappa shape index (κ1) is 29.3. The van der Waals surface area contributed by atoms with Crippen LogP contribution >= 0.6 is 0 Å². The summed E-state index contributed by atoms with van der Waals surface area (Å²) in [7, 11) is 0. The van der Waals surface area contributed by atoms with Crippen LogP contribution in [-0.2, 0) is 30.4 Å². The molecule has 2 aliphatic heterocycles. The van der Waals surface area contributed by atoms with E-state index >= 15 is 0 Å². The molecule has 0 radical (unpaired) electrons. The molecule has 0 aliphatic carbocycles. The molecule has 38 heavy (non-hydrogen) atoms. The maximum absolute atomic E-state index is 13.6. The van der Waals surface area contributed by atoms with Crippen molar-refractivity contribution in [2.75, 3.05) is 6.54 Å². The number of nitrogens with zero attached hydrogens (tertiary/aromatic N) is 1. The molecule has 10 nitrogen and oxygen atoms in total. The largest absolute Gasteiger partial charge is 0.386 e. The van der Waals surface area contributed by atoms with Crippen molar-refractivity contribution in [3.63, 3.8) is 0 Å². The van der Waals surface area contributed by atoms with Crippen LogP contribution in [0.2, 0.25) is 0 Å². The highest BCUT2D eigenvalue weighted by molar-refractivity contribution is 5.99. The van der Waals surface area contributed by atoms with Crippen LogP contribution in [0, 0.1) is 0 Å². The van der Waals surface area contributed by atoms with E-state index < -0.39 is 41.6 Å². The fourth-order valence-electron chi connectivity index (χ4n) is 4.91. The highest BCUT2D eigenvalue weighted by atomic mass is 16.3. The van der Waals surface area contributed by atoms with Gasteiger partial charge in [-0.15, -0.1) is 0 Å². The van der Waals surface area contributed by atoms with Gasteiger partial charge in [-0.05, 0) is 52.0 Å². The van der Waals surface area contributed by atoms with Crippen molar-refractivity contribution >= 4 is 29.4 Å². The third-order valence-electron chi connectivity index (χ3n) is 7.24. The maximum atomic E-state index is 13.6. The summed E-state index contributed by atoms with van der Waals surface area (Å²) in [4.78, 5) is 66.7. The number of unbranched alkanes of at least 4 members (excludes halogenated alkanes) is 2. The predicted octanol–water partition coefficient (Wildman–Crippen LogP) is 0.999. The lowest BCUT2D eigenvalue weighted by atomic mass is 9.98. The summed E-state index contributed by atoms with van der Waals surface area (Å²) in [5, 5.41) is 17.8. The Hall–Kier alpha value is -3.27. The lowest BCUT2D eigenvalue weighted by Crippen LogP contribution is -2.64. The van der Waals surface area contributed by atoms with Crippen molar-refractivity contribution in [1.82, 2.24) is 20.9 Å². The minimum Gasteiger partial charge on any atom is -0.386 e. The molecule has 2 fully saturated rings. The third-order valence-corrected chi connectivity index (χ3v) is 7.24. The summed E-state index contributed by atoms with van der Waals surface area (Å²) >= 11 is 0. The number of aliphatic hydroxyl groups is 1. The van der Waals surface area contributed by atoms with Crippen LogP contribution in [-0.4, -0.2) is 75.7 Å². The van der Waals surface area contributed by atoms with Crippen LogP contribution in [0.5, 0.6) is 0 Å². The molecule has 0 saturated carbocycles. The molecule has 4 atom stereocenters. The Morgan fingerprint density at radius 3 is 2.42 bits per heavy atom. The topological polar surface area (TPSA) is 145 Å². The van der Waals surface area contributed by atoms with Crippen LogP contribution in [0.4, 0.5) is 0 Å². The number of carbonyl (C=O) groups is 5. The summed E-state index contributed by atoms with van der Waals surface area (Å²) in [5.74, 6) is -1.90. The Kier molecular flexibility index (Phi) is 10.0. The van der Waals surface area contributed by atoms with Crippen LogP contribution in [0.3, 0.4) is 0 Å². The zero-order chi connectivity index (χ0) is 27.9. The molecule has 1 aromatic rings. The highest BCUT2D eigenvalue weighted by Gasteiger charge is 2.42. The number of hydrogen-bond donors (Lipinski definition) is 4. The number of amides is 4. The molecule has 1 aromatic carbocycles. The van der Waals surface area contributed by atoms with Gasteiger partial charge in [-0.25, -0.2) is 0 Å². The summed E-state index contributed by atoms with van der Waals surface area (Å²) in [6.07, 6.45) is 2.72. The van der Waals surface area contributed by atoms with E-state index in [2.05, 4.69) is 16.0 Å². The minimum atomic E-state index is -1.33. The van der Waals surface area contributed by atoms with Crippen LogP contribution in [0.25, 0.3) is 0 Å². The number of fused-ring (bicyclic) bond motifs is 1. The number of ketones is 1. The normalized spacial score (nSPS) is 24.8. The van der Waals surface area contributed by atoms with E-state index in [0.29, 0.717) is 45.1 Å². The van der Waals surface area contributed by atoms with Crippen LogP contribution in [0.1, 0.15) is 71.3 Å². The van der Waals surface area contributed by atoms with E-state index in [9.17, 15) is 29.1 Å².